The van der Waals surface area contributed by atoms with E-state index in [4.69, 9.17) is 37.4 Å². The number of hydrogen-bond acceptors (Lipinski definition) is 7. The number of aliphatic carboxylic acids is 1. The van der Waals surface area contributed by atoms with Crippen LogP contribution < -0.4 is 19.5 Å². The van der Waals surface area contributed by atoms with E-state index < -0.39 is 17.4 Å². The predicted octanol–water partition coefficient (Wildman–Crippen LogP) is 6.69. The Bertz CT molecular complexity index is 1770. The zero-order valence-electron chi connectivity index (χ0n) is 30.5. The molecule has 0 saturated carbocycles. The number of carboxylic acid groups (broad SMARTS) is 1. The van der Waals surface area contributed by atoms with Gasteiger partial charge < -0.3 is 39.3 Å². The van der Waals surface area contributed by atoms with Gasteiger partial charge in [-0.3, -0.25) is 9.59 Å². The molecule has 3 saturated heterocycles. The van der Waals surface area contributed by atoms with Gasteiger partial charge in [-0.1, -0.05) is 59.6 Å². The highest BCUT2D eigenvalue weighted by Gasteiger charge is 2.44. The van der Waals surface area contributed by atoms with Crippen molar-refractivity contribution in [3.05, 3.63) is 87.4 Å². The molecule has 0 aromatic heterocycles. The maximum atomic E-state index is 14.0. The van der Waals surface area contributed by atoms with E-state index in [1.54, 1.807) is 17.0 Å². The van der Waals surface area contributed by atoms with Crippen molar-refractivity contribution < 1.29 is 33.7 Å². The lowest BCUT2D eigenvalue weighted by molar-refractivity contribution is -0.143. The summed E-state index contributed by atoms with van der Waals surface area (Å²) in [5.41, 5.74) is 1.65. The van der Waals surface area contributed by atoms with Crippen molar-refractivity contribution in [2.45, 2.75) is 49.5 Å². The maximum Gasteiger partial charge on any atom is 0.318 e. The van der Waals surface area contributed by atoms with Crippen molar-refractivity contribution in [2.75, 3.05) is 67.1 Å². The molecule has 0 bridgehead atoms. The van der Waals surface area contributed by atoms with Gasteiger partial charge in [0.1, 0.15) is 0 Å². The van der Waals surface area contributed by atoms with Gasteiger partial charge in [-0.2, -0.15) is 0 Å². The monoisotopic (exact) mass is 766 g/mol. The number of piperidine rings is 2. The first kappa shape index (κ1) is 38.5. The Morgan fingerprint density at radius 3 is 2.04 bits per heavy atom. The molecule has 0 radical (unpaired) electrons. The number of rotatable bonds is 11. The molecule has 0 aliphatic carbocycles. The number of hydrogen-bond donors (Lipinski definition) is 2. The van der Waals surface area contributed by atoms with Crippen molar-refractivity contribution in [1.29, 1.82) is 0 Å². The van der Waals surface area contributed by atoms with E-state index >= 15 is 0 Å². The van der Waals surface area contributed by atoms with Crippen LogP contribution in [0.3, 0.4) is 0 Å². The van der Waals surface area contributed by atoms with Gasteiger partial charge in [0.2, 0.25) is 5.75 Å². The molecule has 53 heavy (non-hydrogen) atoms. The molecule has 6 rings (SSSR count). The van der Waals surface area contributed by atoms with E-state index in [0.29, 0.717) is 71.9 Å². The summed E-state index contributed by atoms with van der Waals surface area (Å²) < 4.78 is 16.5. The number of nitrogens with one attached hydrogen (secondary N) is 1. The number of halogens is 2. The Hall–Kier alpha value is -4.19. The molecule has 3 aliphatic heterocycles. The lowest BCUT2D eigenvalue weighted by Crippen LogP contribution is -2.57. The molecule has 3 aliphatic rings. The van der Waals surface area contributed by atoms with Gasteiger partial charge in [-0.25, -0.2) is 4.79 Å². The molecule has 0 spiro atoms. The summed E-state index contributed by atoms with van der Waals surface area (Å²) in [5.74, 6) is -0.0659. The second-order valence-electron chi connectivity index (χ2n) is 14.4. The van der Waals surface area contributed by atoms with Gasteiger partial charge in [0, 0.05) is 50.2 Å². The number of carbonyl (C=O) groups is 3. The van der Waals surface area contributed by atoms with Crippen LogP contribution in [0.4, 0.5) is 4.79 Å². The highest BCUT2D eigenvalue weighted by atomic mass is 35.5. The smallest absolute Gasteiger partial charge is 0.318 e. The predicted molar refractivity (Wildman–Crippen MR) is 204 cm³/mol. The summed E-state index contributed by atoms with van der Waals surface area (Å²) >= 11 is 12.9. The number of amides is 3. The highest BCUT2D eigenvalue weighted by molar-refractivity contribution is 6.42. The van der Waals surface area contributed by atoms with Crippen LogP contribution in [0.15, 0.2) is 60.7 Å². The van der Waals surface area contributed by atoms with Gasteiger partial charge in [-0.15, -0.1) is 0 Å². The fourth-order valence-corrected chi connectivity index (χ4v) is 8.53. The van der Waals surface area contributed by atoms with Gasteiger partial charge in [0.05, 0.1) is 42.8 Å². The third-order valence-electron chi connectivity index (χ3n) is 11.5. The van der Waals surface area contributed by atoms with E-state index in [-0.39, 0.29) is 17.4 Å². The minimum Gasteiger partial charge on any atom is -0.493 e. The Balaban J connectivity index is 1.18. The molecule has 284 valence electrons. The average Bonchev–Trinajstić information content (AvgIpc) is 3.63. The van der Waals surface area contributed by atoms with E-state index in [9.17, 15) is 19.5 Å². The zero-order valence-corrected chi connectivity index (χ0v) is 32.0. The third-order valence-corrected chi connectivity index (χ3v) is 12.2. The second kappa shape index (κ2) is 16.4. The number of urea groups is 1. The molecule has 3 amide bonds. The number of methoxy groups -OCH3 is 3. The molecular formula is C40H48Cl2N4O7. The van der Waals surface area contributed by atoms with Gasteiger partial charge >= 0.3 is 12.0 Å². The van der Waals surface area contributed by atoms with Crippen molar-refractivity contribution in [2.24, 2.45) is 5.92 Å². The van der Waals surface area contributed by atoms with Crippen molar-refractivity contribution in [3.63, 3.8) is 0 Å². The van der Waals surface area contributed by atoms with Crippen LogP contribution in [-0.4, -0.2) is 105 Å². The fraction of sp³-hybridized carbons (Fsp3) is 0.475. The van der Waals surface area contributed by atoms with E-state index in [2.05, 4.69) is 22.3 Å². The van der Waals surface area contributed by atoms with E-state index in [0.717, 1.165) is 56.4 Å². The summed E-state index contributed by atoms with van der Waals surface area (Å²) in [6.45, 7) is 4.22. The minimum atomic E-state index is -0.797. The first-order chi connectivity index (χ1) is 25.5. The van der Waals surface area contributed by atoms with Gasteiger partial charge in [-0.05, 0) is 80.5 Å². The Labute approximate surface area is 321 Å². The largest absolute Gasteiger partial charge is 0.493 e. The number of nitrogens with zero attached hydrogens (tertiary/aromatic N) is 3. The van der Waals surface area contributed by atoms with E-state index in [1.807, 2.05) is 41.3 Å². The lowest BCUT2D eigenvalue weighted by Gasteiger charge is -2.45. The second-order valence-corrected chi connectivity index (χ2v) is 15.2. The van der Waals surface area contributed by atoms with Gasteiger partial charge in [0.25, 0.3) is 5.91 Å². The van der Waals surface area contributed by atoms with Crippen LogP contribution in [0.2, 0.25) is 10.0 Å². The fourth-order valence-electron chi connectivity index (χ4n) is 8.23. The summed E-state index contributed by atoms with van der Waals surface area (Å²) in [4.78, 5) is 45.2. The van der Waals surface area contributed by atoms with Crippen molar-refractivity contribution in [1.82, 2.24) is 20.0 Å². The number of likely N-dealkylation sites (tertiary alicyclic amines) is 3. The summed E-state index contributed by atoms with van der Waals surface area (Å²) in [6.07, 6.45) is 3.90. The van der Waals surface area contributed by atoms with Crippen molar-refractivity contribution >= 4 is 41.1 Å². The number of benzene rings is 3. The van der Waals surface area contributed by atoms with Crippen LogP contribution in [0.25, 0.3) is 0 Å². The molecule has 1 atom stereocenters. The third kappa shape index (κ3) is 8.17. The Morgan fingerprint density at radius 2 is 1.45 bits per heavy atom. The quantitative estimate of drug-likeness (QED) is 0.222. The number of ether oxygens (including phenoxy) is 3. The minimum absolute atomic E-state index is 0.125. The Kier molecular flexibility index (Phi) is 12.0. The molecule has 13 heteroatoms. The molecule has 3 aromatic rings. The summed E-state index contributed by atoms with van der Waals surface area (Å²) in [6, 6.07) is 19.1. The van der Waals surface area contributed by atoms with Crippen LogP contribution in [-0.2, 0) is 15.7 Å². The Morgan fingerprint density at radius 1 is 0.792 bits per heavy atom. The number of carboxylic acids is 1. The highest BCUT2D eigenvalue weighted by Crippen LogP contribution is 2.43. The van der Waals surface area contributed by atoms with Crippen molar-refractivity contribution in [3.8, 4) is 17.2 Å². The normalized spacial score (nSPS) is 20.5. The van der Waals surface area contributed by atoms with Crippen LogP contribution in [0, 0.1) is 5.92 Å². The SMILES string of the molecule is COc1cc(C(=O)N2CC[C@](CCN3CCC(NC(=O)N4CCC(C(=O)O)CC4)(c4ccccc4)CC3)(c3ccc(Cl)c(Cl)c3)C2)cc(OC)c1OC. The number of carbonyl (C=O) groups excluding carboxylic acids is 2. The van der Waals surface area contributed by atoms with Crippen LogP contribution in [0.1, 0.15) is 60.0 Å². The summed E-state index contributed by atoms with van der Waals surface area (Å²) in [5, 5.41) is 13.8. The van der Waals surface area contributed by atoms with Crippen LogP contribution in [0.5, 0.6) is 17.2 Å². The van der Waals surface area contributed by atoms with Crippen LogP contribution >= 0.6 is 23.2 Å². The molecule has 2 N–H and O–H groups in total. The standard InChI is InChI=1S/C40H48Cl2N4O7/c1-51-33-23-28(24-34(52-2)35(33)53-3)36(47)46-22-14-39(26-46,30-9-10-31(41)32(42)25-30)13-19-44-20-15-40(16-21-44,29-7-5-4-6-8-29)43-38(50)45-17-11-27(12-18-45)37(48)49/h4-10,23-25,27H,11-22,26H2,1-3H3,(H,43,50)(H,48,49)/t39-/m0/s1. The molecule has 0 unspecified atom stereocenters. The lowest BCUT2D eigenvalue weighted by atomic mass is 9.76. The zero-order chi connectivity index (χ0) is 37.8. The molecule has 11 nitrogen and oxygen atoms in total. The first-order valence-electron chi connectivity index (χ1n) is 18.1. The first-order valence-corrected chi connectivity index (χ1v) is 18.9. The molecule has 3 heterocycles. The molecule has 3 aromatic carbocycles. The summed E-state index contributed by atoms with van der Waals surface area (Å²) in [7, 11) is 4.59. The molecule has 3 fully saturated rings. The average molecular weight is 768 g/mol. The molecular weight excluding hydrogens is 719 g/mol. The topological polar surface area (TPSA) is 121 Å². The van der Waals surface area contributed by atoms with Gasteiger partial charge in [0.15, 0.2) is 11.5 Å². The van der Waals surface area contributed by atoms with E-state index in [1.165, 1.54) is 21.3 Å². The maximum absolute atomic E-state index is 14.0.